The molecule has 2 heterocycles. The fourth-order valence-electron chi connectivity index (χ4n) is 2.55. The van der Waals surface area contributed by atoms with Crippen molar-refractivity contribution in [3.8, 4) is 5.75 Å². The smallest absolute Gasteiger partial charge is 0.355 e. The van der Waals surface area contributed by atoms with Gasteiger partial charge >= 0.3 is 5.97 Å². The first kappa shape index (κ1) is 17.6. The first-order valence-corrected chi connectivity index (χ1v) is 10.6. The van der Waals surface area contributed by atoms with Crippen molar-refractivity contribution >= 4 is 43.3 Å². The highest BCUT2D eigenvalue weighted by atomic mass is 79.9. The maximum atomic E-state index is 12.8. The van der Waals surface area contributed by atoms with Gasteiger partial charge in [-0.05, 0) is 48.6 Å². The van der Waals surface area contributed by atoms with E-state index in [0.717, 1.165) is 35.1 Å². The number of hydrogen-bond acceptors (Lipinski definition) is 5. The van der Waals surface area contributed by atoms with Crippen molar-refractivity contribution in [2.24, 2.45) is 0 Å². The molecule has 1 aromatic carbocycles. The number of benzene rings is 1. The van der Waals surface area contributed by atoms with Crippen molar-refractivity contribution in [2.75, 3.05) is 13.1 Å². The highest BCUT2D eigenvalue weighted by molar-refractivity contribution is 9.10. The molecule has 5 nitrogen and oxygen atoms in total. The van der Waals surface area contributed by atoms with Crippen LogP contribution in [0.4, 0.5) is 0 Å². The molecular formula is C16H16BrNO4S2. The number of carbonyl (C=O) groups excluding carboxylic acids is 1. The Morgan fingerprint density at radius 3 is 2.42 bits per heavy atom. The highest BCUT2D eigenvalue weighted by Crippen LogP contribution is 2.28. The number of hydrogen-bond donors (Lipinski definition) is 0. The molecule has 24 heavy (non-hydrogen) atoms. The van der Waals surface area contributed by atoms with Crippen LogP contribution in [0.5, 0.6) is 5.75 Å². The van der Waals surface area contributed by atoms with Crippen LogP contribution in [0.25, 0.3) is 0 Å². The van der Waals surface area contributed by atoms with E-state index < -0.39 is 16.0 Å². The zero-order valence-corrected chi connectivity index (χ0v) is 16.0. The third kappa shape index (κ3) is 3.72. The van der Waals surface area contributed by atoms with Crippen LogP contribution < -0.4 is 4.74 Å². The molecule has 2 aromatic rings. The summed E-state index contributed by atoms with van der Waals surface area (Å²) < 4.78 is 33.2. The number of carbonyl (C=O) groups is 1. The SMILES string of the molecule is O=C(Oc1ccc(Br)cc1)c1sccc1S(=O)(=O)N1CCCCC1. The third-order valence-electron chi connectivity index (χ3n) is 3.77. The van der Waals surface area contributed by atoms with E-state index in [1.54, 1.807) is 29.6 Å². The van der Waals surface area contributed by atoms with Crippen LogP contribution in [0.1, 0.15) is 28.9 Å². The van der Waals surface area contributed by atoms with Gasteiger partial charge in [-0.25, -0.2) is 13.2 Å². The number of sulfonamides is 1. The minimum Gasteiger partial charge on any atom is -0.422 e. The van der Waals surface area contributed by atoms with Crippen molar-refractivity contribution in [2.45, 2.75) is 24.2 Å². The molecule has 0 radical (unpaired) electrons. The molecule has 1 aromatic heterocycles. The molecule has 0 spiro atoms. The minimum atomic E-state index is -3.66. The van der Waals surface area contributed by atoms with Crippen LogP contribution in [0.3, 0.4) is 0 Å². The maximum absolute atomic E-state index is 12.8. The summed E-state index contributed by atoms with van der Waals surface area (Å²) in [7, 11) is -3.66. The maximum Gasteiger partial charge on any atom is 0.355 e. The number of piperidine rings is 1. The predicted molar refractivity (Wildman–Crippen MR) is 96.0 cm³/mol. The number of thiophene rings is 1. The standard InChI is InChI=1S/C16H16BrNO4S2/c17-12-4-6-13(7-5-12)22-16(19)15-14(8-11-23-15)24(20,21)18-9-2-1-3-10-18/h4-8,11H,1-3,9-10H2. The Balaban J connectivity index is 1.84. The zero-order chi connectivity index (χ0) is 17.2. The fraction of sp³-hybridized carbons (Fsp3) is 0.312. The third-order valence-corrected chi connectivity index (χ3v) is 7.26. The lowest BCUT2D eigenvalue weighted by Gasteiger charge is -2.25. The molecule has 1 aliphatic heterocycles. The van der Waals surface area contributed by atoms with E-state index in [9.17, 15) is 13.2 Å². The number of halogens is 1. The summed E-state index contributed by atoms with van der Waals surface area (Å²) in [5.74, 6) is -0.277. The average molecular weight is 430 g/mol. The number of esters is 1. The van der Waals surface area contributed by atoms with Gasteiger partial charge in [-0.3, -0.25) is 0 Å². The van der Waals surface area contributed by atoms with E-state index >= 15 is 0 Å². The van der Waals surface area contributed by atoms with Gasteiger partial charge in [0.15, 0.2) is 0 Å². The van der Waals surface area contributed by atoms with Crippen LogP contribution in [0.15, 0.2) is 45.1 Å². The summed E-state index contributed by atoms with van der Waals surface area (Å²) in [6, 6.07) is 8.28. The second-order valence-corrected chi connectivity index (χ2v) is 9.16. The van der Waals surface area contributed by atoms with Crippen molar-refractivity contribution in [3.05, 3.63) is 45.1 Å². The van der Waals surface area contributed by atoms with Gasteiger partial charge in [-0.1, -0.05) is 22.4 Å². The molecule has 3 rings (SSSR count). The number of ether oxygens (including phenoxy) is 1. The average Bonchev–Trinajstić information content (AvgIpc) is 3.08. The molecule has 0 aliphatic carbocycles. The highest BCUT2D eigenvalue weighted by Gasteiger charge is 2.31. The quantitative estimate of drug-likeness (QED) is 0.545. The van der Waals surface area contributed by atoms with Gasteiger partial charge in [0.05, 0.1) is 0 Å². The van der Waals surface area contributed by atoms with E-state index in [0.29, 0.717) is 18.8 Å². The Morgan fingerprint density at radius 1 is 1.08 bits per heavy atom. The monoisotopic (exact) mass is 429 g/mol. The van der Waals surface area contributed by atoms with Gasteiger partial charge in [-0.15, -0.1) is 11.3 Å². The molecule has 1 fully saturated rings. The van der Waals surface area contributed by atoms with Crippen molar-refractivity contribution in [3.63, 3.8) is 0 Å². The minimum absolute atomic E-state index is 0.0384. The number of nitrogens with zero attached hydrogens (tertiary/aromatic N) is 1. The lowest BCUT2D eigenvalue weighted by atomic mass is 10.2. The number of rotatable bonds is 4. The molecule has 0 unspecified atom stereocenters. The molecular weight excluding hydrogens is 414 g/mol. The Kier molecular flexibility index (Phi) is 5.39. The molecule has 8 heteroatoms. The van der Waals surface area contributed by atoms with Crippen molar-refractivity contribution < 1.29 is 17.9 Å². The molecule has 0 amide bonds. The second kappa shape index (κ2) is 7.35. The Morgan fingerprint density at radius 2 is 1.75 bits per heavy atom. The molecule has 0 saturated carbocycles. The summed E-state index contributed by atoms with van der Waals surface area (Å²) in [6.45, 7) is 0.999. The van der Waals surface area contributed by atoms with Crippen molar-refractivity contribution in [1.82, 2.24) is 4.31 Å². The molecule has 0 atom stereocenters. The predicted octanol–water partition coefficient (Wildman–Crippen LogP) is 3.90. The summed E-state index contributed by atoms with van der Waals surface area (Å²) in [5.41, 5.74) is 0. The molecule has 0 N–H and O–H groups in total. The topological polar surface area (TPSA) is 63.7 Å². The van der Waals surface area contributed by atoms with E-state index in [4.69, 9.17) is 4.74 Å². The van der Waals surface area contributed by atoms with E-state index in [-0.39, 0.29) is 9.77 Å². The Labute approximate surface area is 153 Å². The van der Waals surface area contributed by atoms with Crippen molar-refractivity contribution in [1.29, 1.82) is 0 Å². The summed E-state index contributed by atoms with van der Waals surface area (Å²) >= 11 is 4.39. The largest absolute Gasteiger partial charge is 0.422 e. The normalized spacial score (nSPS) is 16.0. The first-order valence-electron chi connectivity index (χ1n) is 7.54. The van der Waals surface area contributed by atoms with Gasteiger partial charge in [-0.2, -0.15) is 4.31 Å². The van der Waals surface area contributed by atoms with Crippen LogP contribution in [0.2, 0.25) is 0 Å². The van der Waals surface area contributed by atoms with E-state index in [1.165, 1.54) is 10.4 Å². The molecule has 0 bridgehead atoms. The Hall–Kier alpha value is -1.22. The van der Waals surface area contributed by atoms with E-state index in [1.807, 2.05) is 0 Å². The van der Waals surface area contributed by atoms with Gasteiger partial charge in [0.1, 0.15) is 15.5 Å². The summed E-state index contributed by atoms with van der Waals surface area (Å²) in [4.78, 5) is 12.6. The molecule has 1 saturated heterocycles. The first-order chi connectivity index (χ1) is 11.5. The summed E-state index contributed by atoms with van der Waals surface area (Å²) in [6.07, 6.45) is 2.73. The van der Waals surface area contributed by atoms with Crippen LogP contribution in [-0.2, 0) is 10.0 Å². The van der Waals surface area contributed by atoms with Gasteiger partial charge in [0.25, 0.3) is 0 Å². The van der Waals surface area contributed by atoms with Gasteiger partial charge < -0.3 is 4.74 Å². The van der Waals surface area contributed by atoms with Crippen LogP contribution in [-0.4, -0.2) is 31.8 Å². The Bertz CT molecular complexity index is 824. The van der Waals surface area contributed by atoms with Gasteiger partial charge in [0, 0.05) is 17.6 Å². The van der Waals surface area contributed by atoms with Gasteiger partial charge in [0.2, 0.25) is 10.0 Å². The molecule has 1 aliphatic rings. The zero-order valence-electron chi connectivity index (χ0n) is 12.8. The molecule has 128 valence electrons. The van der Waals surface area contributed by atoms with E-state index in [2.05, 4.69) is 15.9 Å². The fourth-order valence-corrected chi connectivity index (χ4v) is 5.60. The lowest BCUT2D eigenvalue weighted by molar-refractivity contribution is 0.0736. The summed E-state index contributed by atoms with van der Waals surface area (Å²) in [5, 5.41) is 1.61. The van der Waals surface area contributed by atoms with Crippen LogP contribution >= 0.6 is 27.3 Å². The second-order valence-electron chi connectivity index (χ2n) is 5.42. The van der Waals surface area contributed by atoms with Crippen LogP contribution in [0, 0.1) is 0 Å². The lowest BCUT2D eigenvalue weighted by Crippen LogP contribution is -2.36.